The molecule has 2 unspecified atom stereocenters. The molecule has 13 heteroatoms. The largest absolute Gasteiger partial charge is 0.414 e. The average molecular weight is 551 g/mol. The second-order valence-electron chi connectivity index (χ2n) is 11.8. The maximum Gasteiger partial charge on any atom is 0.335 e. The minimum atomic E-state index is -2.85. The van der Waals surface area contributed by atoms with Crippen LogP contribution in [-0.2, 0) is 22.5 Å². The van der Waals surface area contributed by atoms with Crippen LogP contribution >= 0.6 is 0 Å². The van der Waals surface area contributed by atoms with Crippen molar-refractivity contribution >= 4 is 34.1 Å². The van der Waals surface area contributed by atoms with Gasteiger partial charge < -0.3 is 23.4 Å². The molecule has 0 spiro atoms. The molecule has 3 aliphatic heterocycles. The summed E-state index contributed by atoms with van der Waals surface area (Å²) in [7, 11) is -3.59. The van der Waals surface area contributed by atoms with Crippen LogP contribution in [0.3, 0.4) is 0 Å². The molecule has 11 nitrogen and oxygen atoms in total. The fourth-order valence-corrected chi connectivity index (χ4v) is 17.5. The molecule has 0 aliphatic carbocycles. The predicted molar refractivity (Wildman–Crippen MR) is 144 cm³/mol. The maximum absolute atomic E-state index is 7.42. The van der Waals surface area contributed by atoms with Crippen molar-refractivity contribution in [1.29, 1.82) is 0 Å². The minimum absolute atomic E-state index is 0.155. The highest BCUT2D eigenvalue weighted by Gasteiger charge is 2.64. The van der Waals surface area contributed by atoms with E-state index in [4.69, 9.17) is 28.3 Å². The van der Waals surface area contributed by atoms with Crippen molar-refractivity contribution in [2.24, 2.45) is 0 Å². The molecule has 0 radical (unpaired) electrons. The summed E-state index contributed by atoms with van der Waals surface area (Å²) in [4.78, 5) is 19.5. The molecule has 2 aromatic heterocycles. The van der Waals surface area contributed by atoms with Gasteiger partial charge in [0.1, 0.15) is 24.1 Å². The molecule has 5 atom stereocenters. The van der Waals surface area contributed by atoms with Gasteiger partial charge in [0.25, 0.3) is 0 Å². The molecule has 206 valence electrons. The van der Waals surface area contributed by atoms with E-state index in [2.05, 4.69) is 70.3 Å². The highest BCUT2D eigenvalue weighted by molar-refractivity contribution is 6.83. The number of ether oxygens (including phenoxy) is 1. The van der Waals surface area contributed by atoms with Crippen LogP contribution in [0, 0.1) is 0 Å². The highest BCUT2D eigenvalue weighted by Crippen LogP contribution is 2.50. The summed E-state index contributed by atoms with van der Waals surface area (Å²) in [6, 6.07) is -0.155. The van der Waals surface area contributed by atoms with Crippen LogP contribution in [-0.4, -0.2) is 79.7 Å². The zero-order valence-electron chi connectivity index (χ0n) is 23.4. The van der Waals surface area contributed by atoms with Gasteiger partial charge in [0.05, 0.1) is 19.0 Å². The van der Waals surface area contributed by atoms with Crippen molar-refractivity contribution in [2.75, 3.05) is 19.4 Å². The predicted octanol–water partition coefficient (Wildman–Crippen LogP) is 3.88. The first kappa shape index (κ1) is 27.1. The monoisotopic (exact) mass is 550 g/mol. The third-order valence-electron chi connectivity index (χ3n) is 8.36. The lowest BCUT2D eigenvalue weighted by Gasteiger charge is -2.48. The van der Waals surface area contributed by atoms with Gasteiger partial charge in [0.2, 0.25) is 0 Å². The Labute approximate surface area is 221 Å². The van der Waals surface area contributed by atoms with Crippen LogP contribution in [0.2, 0.25) is 22.2 Å². The number of nitrogen functional groups attached to an aromatic ring is 1. The summed E-state index contributed by atoms with van der Waals surface area (Å²) < 4.78 is 30.4. The number of nitrogens with two attached hydrogens (primary N) is 1. The summed E-state index contributed by atoms with van der Waals surface area (Å²) >= 11 is 0. The van der Waals surface area contributed by atoms with Crippen LogP contribution in [0.25, 0.3) is 11.2 Å². The minimum Gasteiger partial charge on any atom is -0.414 e. The molecule has 5 rings (SSSR count). The number of hydrogen-bond donors (Lipinski definition) is 1. The molecule has 2 aromatic rings. The van der Waals surface area contributed by atoms with E-state index in [9.17, 15) is 0 Å². The second kappa shape index (κ2) is 9.63. The van der Waals surface area contributed by atoms with Crippen LogP contribution in [0.15, 0.2) is 12.7 Å². The van der Waals surface area contributed by atoms with Crippen LogP contribution in [0.1, 0.15) is 61.6 Å². The molecule has 3 fully saturated rings. The lowest BCUT2D eigenvalue weighted by Crippen LogP contribution is -2.63. The molecule has 0 saturated carbocycles. The van der Waals surface area contributed by atoms with Crippen LogP contribution in [0.5, 0.6) is 0 Å². The van der Waals surface area contributed by atoms with Gasteiger partial charge in [0, 0.05) is 7.05 Å². The van der Waals surface area contributed by atoms with E-state index in [1.165, 1.54) is 6.33 Å². The Kier molecular flexibility index (Phi) is 7.06. The Morgan fingerprint density at radius 3 is 2.16 bits per heavy atom. The first-order chi connectivity index (χ1) is 17.4. The Hall–Kier alpha value is -1.46. The zero-order chi connectivity index (χ0) is 26.9. The van der Waals surface area contributed by atoms with Gasteiger partial charge in [-0.3, -0.25) is 9.40 Å². The number of aromatic nitrogens is 4. The van der Waals surface area contributed by atoms with Gasteiger partial charge in [-0.1, -0.05) is 55.4 Å². The third kappa shape index (κ3) is 4.09. The summed E-state index contributed by atoms with van der Waals surface area (Å²) in [5, 5.41) is 1.89. The Balaban J connectivity index is 1.62. The Morgan fingerprint density at radius 2 is 1.54 bits per heavy atom. The topological polar surface area (TPSA) is 119 Å². The van der Waals surface area contributed by atoms with Crippen molar-refractivity contribution < 1.29 is 22.5 Å². The van der Waals surface area contributed by atoms with Crippen LogP contribution in [0.4, 0.5) is 5.82 Å². The van der Waals surface area contributed by atoms with Gasteiger partial charge in [0.15, 0.2) is 23.8 Å². The summed E-state index contributed by atoms with van der Waals surface area (Å²) in [6.45, 7) is 18.3. The van der Waals surface area contributed by atoms with Gasteiger partial charge >= 0.3 is 17.1 Å². The van der Waals surface area contributed by atoms with E-state index < -0.39 is 29.5 Å². The molecule has 0 amide bonds. The normalized spacial score (nSPS) is 31.9. The number of likely N-dealkylation sites (N-methyl/N-ethyl adjacent to an activating group) is 1. The summed E-state index contributed by atoms with van der Waals surface area (Å²) in [5.41, 5.74) is 8.14. The van der Waals surface area contributed by atoms with E-state index >= 15 is 0 Å². The van der Waals surface area contributed by atoms with Crippen molar-refractivity contribution in [3.63, 3.8) is 0 Å². The number of hydroxylamine groups is 2. The van der Waals surface area contributed by atoms with E-state index in [1.54, 1.807) is 6.33 Å². The second-order valence-corrected chi connectivity index (χ2v) is 20.7. The van der Waals surface area contributed by atoms with Crippen molar-refractivity contribution in [3.05, 3.63) is 12.7 Å². The average Bonchev–Trinajstić information content (AvgIpc) is 3.36. The van der Waals surface area contributed by atoms with E-state index in [1.807, 2.05) is 16.7 Å². The van der Waals surface area contributed by atoms with E-state index in [0.717, 1.165) is 0 Å². The smallest absolute Gasteiger partial charge is 0.335 e. The first-order valence-corrected chi connectivity index (χ1v) is 17.4. The number of imidazole rings is 1. The van der Waals surface area contributed by atoms with E-state index in [-0.39, 0.29) is 40.4 Å². The number of anilines is 1. The molecule has 3 saturated heterocycles. The molecule has 3 aliphatic rings. The highest BCUT2D eigenvalue weighted by atomic mass is 28.5. The number of rotatable bonds is 5. The summed E-state index contributed by atoms with van der Waals surface area (Å²) in [6.07, 6.45) is 1.62. The lowest BCUT2D eigenvalue weighted by atomic mass is 10.0. The Bertz CT molecular complexity index is 1110. The summed E-state index contributed by atoms with van der Waals surface area (Å²) in [5.74, 6) is 0.333. The van der Waals surface area contributed by atoms with Gasteiger partial charge in [-0.25, -0.2) is 15.0 Å². The SMILES string of the molecule is CC(C)[Si]1(C(C)C)OCC2[C@@H]3O[C@@H](n4cnc5c(N)ncnc54)[C@@H](ON2C)C3O[Si](C(C)C)(C(C)C)O1. The molecule has 2 N–H and O–H groups in total. The fourth-order valence-electron chi connectivity index (χ4n) is 6.32. The quantitative estimate of drug-likeness (QED) is 0.549. The number of hydrogen-bond acceptors (Lipinski definition) is 10. The molecule has 0 aromatic carbocycles. The fraction of sp³-hybridized carbons (Fsp3) is 0.792. The van der Waals surface area contributed by atoms with Gasteiger partial charge in [-0.2, -0.15) is 5.06 Å². The number of fused-ring (bicyclic) bond motifs is 1. The molecule has 37 heavy (non-hydrogen) atoms. The van der Waals surface area contributed by atoms with Crippen molar-refractivity contribution in [3.8, 4) is 0 Å². The van der Waals surface area contributed by atoms with Gasteiger partial charge in [-0.05, 0) is 22.2 Å². The van der Waals surface area contributed by atoms with Crippen LogP contribution < -0.4 is 5.73 Å². The molecule has 4 bridgehead atoms. The lowest BCUT2D eigenvalue weighted by molar-refractivity contribution is -0.261. The maximum atomic E-state index is 7.42. The van der Waals surface area contributed by atoms with Gasteiger partial charge in [-0.15, -0.1) is 0 Å². The van der Waals surface area contributed by atoms with Crippen molar-refractivity contribution in [2.45, 2.75) is 108 Å². The Morgan fingerprint density at radius 1 is 0.892 bits per heavy atom. The number of nitrogens with zero attached hydrogens (tertiary/aromatic N) is 5. The first-order valence-electron chi connectivity index (χ1n) is 13.4. The molecular formula is C24H42N6O5Si2. The van der Waals surface area contributed by atoms with E-state index in [0.29, 0.717) is 23.6 Å². The zero-order valence-corrected chi connectivity index (χ0v) is 25.4. The standard InChI is InChI=1S/C24H42N6O5Si2/c1-13(2)36(14(3)4)31-10-17-19-20(34-37(35-36,15(5)6)16(7)8)21(33-29(17)9)24(32-19)30-12-28-18-22(25)26-11-27-23(18)30/h11-17,19-21,24H,10H2,1-9H3,(H2,25,26,27)/t17?,19-,20?,21-,24+/m0/s1. The molecule has 5 heterocycles. The molecular weight excluding hydrogens is 508 g/mol. The van der Waals surface area contributed by atoms with Crippen molar-refractivity contribution in [1.82, 2.24) is 24.6 Å². The third-order valence-corrected chi connectivity index (χ3v) is 18.6.